The minimum absolute atomic E-state index is 0.175. The van der Waals surface area contributed by atoms with Gasteiger partial charge in [0.05, 0.1) is 11.2 Å². The van der Waals surface area contributed by atoms with Crippen molar-refractivity contribution in [2.24, 2.45) is 7.05 Å². The maximum Gasteiger partial charge on any atom is 0.354 e. The first-order valence-corrected chi connectivity index (χ1v) is 5.50. The number of para-hydroxylation sites is 1. The van der Waals surface area contributed by atoms with Crippen LogP contribution in [0.5, 0.6) is 0 Å². The van der Waals surface area contributed by atoms with E-state index in [0.29, 0.717) is 5.69 Å². The summed E-state index contributed by atoms with van der Waals surface area (Å²) in [5.74, 6) is -0.977. The normalized spacial score (nSPS) is 10.9. The van der Waals surface area contributed by atoms with Crippen LogP contribution in [0.4, 0.5) is 0 Å². The fraction of sp³-hybridized carbons (Fsp3) is 0.0769. The van der Waals surface area contributed by atoms with Crippen LogP contribution in [0.3, 0.4) is 0 Å². The van der Waals surface area contributed by atoms with Gasteiger partial charge in [0.1, 0.15) is 5.69 Å². The Labute approximate surface area is 103 Å². The quantitative estimate of drug-likeness (QED) is 0.723. The van der Waals surface area contributed by atoms with Gasteiger partial charge in [-0.2, -0.15) is 5.10 Å². The Hall–Kier alpha value is -2.56. The lowest BCUT2D eigenvalue weighted by molar-refractivity contribution is 0.0685. The van der Waals surface area contributed by atoms with Crippen molar-refractivity contribution in [2.75, 3.05) is 0 Å². The highest BCUT2D eigenvalue weighted by atomic mass is 16.4. The maximum atomic E-state index is 11.0. The monoisotopic (exact) mass is 241 g/mol. The van der Waals surface area contributed by atoms with Crippen molar-refractivity contribution in [3.05, 3.63) is 42.2 Å². The summed E-state index contributed by atoms with van der Waals surface area (Å²) in [5.41, 5.74) is 2.70. The number of carboxylic acid groups (broad SMARTS) is 1. The molecule has 1 aromatic carbocycles. The van der Waals surface area contributed by atoms with E-state index >= 15 is 0 Å². The molecule has 0 aliphatic heterocycles. The minimum atomic E-state index is -0.977. The molecule has 5 heteroatoms. The van der Waals surface area contributed by atoms with Crippen LogP contribution in [0.1, 0.15) is 10.5 Å². The number of H-pyrrole nitrogens is 1. The number of fused-ring (bicyclic) bond motifs is 1. The van der Waals surface area contributed by atoms with Crippen molar-refractivity contribution in [1.29, 1.82) is 0 Å². The molecule has 5 nitrogen and oxygen atoms in total. The minimum Gasteiger partial charge on any atom is -0.477 e. The summed E-state index contributed by atoms with van der Waals surface area (Å²) in [6.45, 7) is 0. The second kappa shape index (κ2) is 3.73. The first kappa shape index (κ1) is 10.6. The van der Waals surface area contributed by atoms with Gasteiger partial charge in [-0.3, -0.25) is 4.68 Å². The average Bonchev–Trinajstić information content (AvgIpc) is 2.94. The van der Waals surface area contributed by atoms with Crippen LogP contribution in [0.15, 0.2) is 36.5 Å². The number of aromatic carboxylic acids is 1. The van der Waals surface area contributed by atoms with Crippen LogP contribution in [-0.2, 0) is 7.05 Å². The van der Waals surface area contributed by atoms with Gasteiger partial charge in [-0.1, -0.05) is 18.2 Å². The van der Waals surface area contributed by atoms with Crippen molar-refractivity contribution in [3.63, 3.8) is 0 Å². The zero-order valence-corrected chi connectivity index (χ0v) is 9.71. The van der Waals surface area contributed by atoms with E-state index in [1.54, 1.807) is 13.1 Å². The van der Waals surface area contributed by atoms with Gasteiger partial charge in [0.25, 0.3) is 0 Å². The number of aromatic nitrogens is 3. The average molecular weight is 241 g/mol. The Bertz CT molecular complexity index is 740. The zero-order chi connectivity index (χ0) is 12.7. The third kappa shape index (κ3) is 1.48. The number of nitrogens with zero attached hydrogens (tertiary/aromatic N) is 2. The SMILES string of the molecule is Cn1nc(-c2cccc3cc[nH]c23)cc1C(=O)O. The highest BCUT2D eigenvalue weighted by molar-refractivity contribution is 5.95. The standard InChI is InChI=1S/C13H11N3O2/c1-16-11(13(17)18)7-10(15-16)9-4-2-3-8-5-6-14-12(8)9/h2-7,14H,1H3,(H,17,18). The molecule has 0 aliphatic rings. The molecule has 0 unspecified atom stereocenters. The molecule has 0 spiro atoms. The smallest absolute Gasteiger partial charge is 0.354 e. The first-order chi connectivity index (χ1) is 8.66. The Morgan fingerprint density at radius 3 is 2.94 bits per heavy atom. The molecule has 18 heavy (non-hydrogen) atoms. The number of aromatic amines is 1. The maximum absolute atomic E-state index is 11.0. The predicted octanol–water partition coefficient (Wildman–Crippen LogP) is 2.27. The van der Waals surface area contributed by atoms with Gasteiger partial charge in [-0.25, -0.2) is 4.79 Å². The topological polar surface area (TPSA) is 70.9 Å². The number of hydrogen-bond donors (Lipinski definition) is 2. The van der Waals surface area contributed by atoms with Crippen molar-refractivity contribution in [2.45, 2.75) is 0 Å². The molecule has 0 radical (unpaired) electrons. The van der Waals surface area contributed by atoms with E-state index in [2.05, 4.69) is 10.1 Å². The first-order valence-electron chi connectivity index (χ1n) is 5.50. The number of rotatable bonds is 2. The lowest BCUT2D eigenvalue weighted by atomic mass is 10.1. The van der Waals surface area contributed by atoms with Crippen LogP contribution in [-0.4, -0.2) is 25.8 Å². The Kier molecular flexibility index (Phi) is 2.19. The summed E-state index contributed by atoms with van der Waals surface area (Å²) in [7, 11) is 1.63. The molecular formula is C13H11N3O2. The zero-order valence-electron chi connectivity index (χ0n) is 9.71. The van der Waals surface area contributed by atoms with Gasteiger partial charge < -0.3 is 10.1 Å². The summed E-state index contributed by atoms with van der Waals surface area (Å²) >= 11 is 0. The summed E-state index contributed by atoms with van der Waals surface area (Å²) < 4.78 is 1.37. The second-order valence-corrected chi connectivity index (χ2v) is 4.09. The Balaban J connectivity index is 2.23. The van der Waals surface area contributed by atoms with Crippen molar-refractivity contribution >= 4 is 16.9 Å². The molecule has 2 heterocycles. The van der Waals surface area contributed by atoms with Gasteiger partial charge in [0, 0.05) is 24.2 Å². The van der Waals surface area contributed by atoms with Crippen molar-refractivity contribution in [1.82, 2.24) is 14.8 Å². The van der Waals surface area contributed by atoms with E-state index in [9.17, 15) is 4.79 Å². The molecule has 90 valence electrons. The van der Waals surface area contributed by atoms with E-state index in [4.69, 9.17) is 5.11 Å². The van der Waals surface area contributed by atoms with Crippen LogP contribution < -0.4 is 0 Å². The van der Waals surface area contributed by atoms with E-state index in [1.165, 1.54) is 4.68 Å². The molecule has 0 saturated heterocycles. The van der Waals surface area contributed by atoms with E-state index in [0.717, 1.165) is 16.5 Å². The van der Waals surface area contributed by atoms with Crippen molar-refractivity contribution in [3.8, 4) is 11.3 Å². The molecule has 2 aromatic heterocycles. The fourth-order valence-corrected chi connectivity index (χ4v) is 2.10. The van der Waals surface area contributed by atoms with Gasteiger partial charge in [-0.15, -0.1) is 0 Å². The number of hydrogen-bond acceptors (Lipinski definition) is 2. The van der Waals surface area contributed by atoms with E-state index < -0.39 is 5.97 Å². The van der Waals surface area contributed by atoms with Crippen LogP contribution in [0.2, 0.25) is 0 Å². The van der Waals surface area contributed by atoms with Crippen LogP contribution in [0, 0.1) is 0 Å². The van der Waals surface area contributed by atoms with Crippen LogP contribution in [0.25, 0.3) is 22.2 Å². The molecule has 3 aromatic rings. The third-order valence-corrected chi connectivity index (χ3v) is 2.96. The second-order valence-electron chi connectivity index (χ2n) is 4.09. The lowest BCUT2D eigenvalue weighted by Crippen LogP contribution is -2.04. The van der Waals surface area contributed by atoms with Gasteiger partial charge >= 0.3 is 5.97 Å². The molecule has 0 aliphatic carbocycles. The fourth-order valence-electron chi connectivity index (χ4n) is 2.10. The highest BCUT2D eigenvalue weighted by Crippen LogP contribution is 2.26. The summed E-state index contributed by atoms with van der Waals surface area (Å²) in [6, 6.07) is 9.40. The summed E-state index contributed by atoms with van der Waals surface area (Å²) in [5, 5.41) is 14.4. The molecule has 0 fully saturated rings. The number of carbonyl (C=O) groups is 1. The number of carboxylic acids is 1. The molecule has 0 amide bonds. The number of aryl methyl sites for hydroxylation is 1. The number of nitrogens with one attached hydrogen (secondary N) is 1. The third-order valence-electron chi connectivity index (χ3n) is 2.96. The number of benzene rings is 1. The highest BCUT2D eigenvalue weighted by Gasteiger charge is 2.14. The molecule has 0 atom stereocenters. The largest absolute Gasteiger partial charge is 0.477 e. The predicted molar refractivity (Wildman–Crippen MR) is 67.5 cm³/mol. The van der Waals surface area contributed by atoms with Gasteiger partial charge in [0.2, 0.25) is 0 Å². The molecule has 3 rings (SSSR count). The lowest BCUT2D eigenvalue weighted by Gasteiger charge is -1.98. The molecular weight excluding hydrogens is 230 g/mol. The summed E-state index contributed by atoms with van der Waals surface area (Å²) in [4.78, 5) is 14.2. The van der Waals surface area contributed by atoms with E-state index in [1.807, 2.05) is 30.5 Å². The molecule has 2 N–H and O–H groups in total. The molecule has 0 saturated carbocycles. The molecule has 0 bridgehead atoms. The van der Waals surface area contributed by atoms with Crippen LogP contribution >= 0.6 is 0 Å². The Morgan fingerprint density at radius 1 is 1.39 bits per heavy atom. The summed E-state index contributed by atoms with van der Waals surface area (Å²) in [6.07, 6.45) is 1.86. The van der Waals surface area contributed by atoms with E-state index in [-0.39, 0.29) is 5.69 Å². The van der Waals surface area contributed by atoms with Gasteiger partial charge in [0.15, 0.2) is 0 Å². The van der Waals surface area contributed by atoms with Crippen molar-refractivity contribution < 1.29 is 9.90 Å². The van der Waals surface area contributed by atoms with Gasteiger partial charge in [-0.05, 0) is 12.1 Å². The Morgan fingerprint density at radius 2 is 2.22 bits per heavy atom.